The third-order valence-corrected chi connectivity index (χ3v) is 6.02. The van der Waals surface area contributed by atoms with Crippen molar-refractivity contribution in [3.8, 4) is 11.1 Å². The summed E-state index contributed by atoms with van der Waals surface area (Å²) in [5.74, 6) is -2.00. The summed E-state index contributed by atoms with van der Waals surface area (Å²) >= 11 is 0.642. The number of alkyl halides is 3. The van der Waals surface area contributed by atoms with Gasteiger partial charge < -0.3 is 11.1 Å². The number of pyridine rings is 1. The van der Waals surface area contributed by atoms with Crippen LogP contribution in [0.4, 0.5) is 23.2 Å². The van der Waals surface area contributed by atoms with Crippen molar-refractivity contribution < 1.29 is 27.2 Å². The molecule has 3 heterocycles. The number of hydrogen-bond acceptors (Lipinski definition) is 5. The number of carbonyl (C=O) groups is 2. The van der Waals surface area contributed by atoms with Crippen molar-refractivity contribution in [2.24, 2.45) is 5.73 Å². The Labute approximate surface area is 194 Å². The van der Waals surface area contributed by atoms with E-state index in [2.05, 4.69) is 15.4 Å². The number of nitrogens with zero attached hydrogens (tertiary/aromatic N) is 3. The number of primary amides is 1. The molecule has 0 spiro atoms. The molecule has 2 amide bonds. The summed E-state index contributed by atoms with van der Waals surface area (Å²) in [5.41, 5.74) is 5.42. The average Bonchev–Trinajstić information content (AvgIpc) is 3.35. The maximum atomic E-state index is 13.5. The predicted octanol–water partition coefficient (Wildman–Crippen LogP) is 4.75. The van der Waals surface area contributed by atoms with E-state index >= 15 is 0 Å². The molecule has 0 radical (unpaired) electrons. The number of anilines is 1. The van der Waals surface area contributed by atoms with Gasteiger partial charge in [0.1, 0.15) is 21.2 Å². The summed E-state index contributed by atoms with van der Waals surface area (Å²) in [6.45, 7) is 2.09. The Morgan fingerprint density at radius 3 is 2.50 bits per heavy atom. The Balaban J connectivity index is 1.82. The molecule has 0 saturated carbocycles. The summed E-state index contributed by atoms with van der Waals surface area (Å²) < 4.78 is 55.6. The summed E-state index contributed by atoms with van der Waals surface area (Å²) in [6.07, 6.45) is -1.41. The molecule has 176 valence electrons. The van der Waals surface area contributed by atoms with Gasteiger partial charge in [-0.2, -0.15) is 18.3 Å². The van der Waals surface area contributed by atoms with Crippen molar-refractivity contribution in [3.05, 3.63) is 64.7 Å². The van der Waals surface area contributed by atoms with Crippen LogP contribution in [0.2, 0.25) is 0 Å². The maximum absolute atomic E-state index is 13.5. The molecule has 0 saturated heterocycles. The molecule has 0 bridgehead atoms. The summed E-state index contributed by atoms with van der Waals surface area (Å²) in [7, 11) is 0. The number of halogens is 4. The minimum absolute atomic E-state index is 0.0173. The van der Waals surface area contributed by atoms with Crippen LogP contribution in [0.3, 0.4) is 0 Å². The second kappa shape index (κ2) is 8.86. The highest BCUT2D eigenvalue weighted by Crippen LogP contribution is 2.43. The molecule has 0 fully saturated rings. The normalized spacial score (nSPS) is 11.7. The molecule has 4 aromatic rings. The highest BCUT2D eigenvalue weighted by atomic mass is 32.1. The Kier molecular flexibility index (Phi) is 6.09. The number of hydrogen-bond donors (Lipinski definition) is 2. The van der Waals surface area contributed by atoms with E-state index < -0.39 is 29.5 Å². The Morgan fingerprint density at radius 2 is 1.91 bits per heavy atom. The first-order valence-electron chi connectivity index (χ1n) is 9.92. The van der Waals surface area contributed by atoms with Gasteiger partial charge in [0.25, 0.3) is 5.91 Å². The first-order valence-corrected chi connectivity index (χ1v) is 10.7. The van der Waals surface area contributed by atoms with Crippen LogP contribution in [0.25, 0.3) is 21.3 Å². The second-order valence-electron chi connectivity index (χ2n) is 7.49. The van der Waals surface area contributed by atoms with Crippen molar-refractivity contribution in [2.45, 2.75) is 26.1 Å². The van der Waals surface area contributed by atoms with Gasteiger partial charge in [-0.3, -0.25) is 14.3 Å². The van der Waals surface area contributed by atoms with Crippen molar-refractivity contribution >= 4 is 39.1 Å². The van der Waals surface area contributed by atoms with E-state index in [1.807, 2.05) is 6.92 Å². The molecule has 1 aromatic carbocycles. The molecular weight excluding hydrogens is 474 g/mol. The Morgan fingerprint density at radius 1 is 1.21 bits per heavy atom. The summed E-state index contributed by atoms with van der Waals surface area (Å²) in [4.78, 5) is 28.2. The third kappa shape index (κ3) is 4.76. The number of carbonyl (C=O) groups excluding carboxylic acids is 2. The van der Waals surface area contributed by atoms with E-state index in [-0.39, 0.29) is 44.9 Å². The van der Waals surface area contributed by atoms with Gasteiger partial charge >= 0.3 is 6.18 Å². The number of amides is 2. The van der Waals surface area contributed by atoms with E-state index in [9.17, 15) is 27.2 Å². The van der Waals surface area contributed by atoms with E-state index in [1.54, 1.807) is 17.1 Å². The van der Waals surface area contributed by atoms with Crippen molar-refractivity contribution in [1.82, 2.24) is 14.8 Å². The van der Waals surface area contributed by atoms with Crippen LogP contribution < -0.4 is 11.1 Å². The van der Waals surface area contributed by atoms with Crippen molar-refractivity contribution in [3.63, 3.8) is 0 Å². The Hall–Kier alpha value is -3.80. The lowest BCUT2D eigenvalue weighted by atomic mass is 10.0. The number of thiophene rings is 1. The number of aromatic nitrogens is 3. The standard InChI is InChI=1S/C22H17F4N5O2S/c1-11-9-28-31(10-11)7-6-16(32)30-18-17-14(12-2-4-13(23)5-3-12)8-15(22(24,25)26)29-21(17)34-19(18)20(27)33/h2-5,8-10H,6-7H2,1H3,(H2,27,33)(H,30,32). The van der Waals surface area contributed by atoms with Gasteiger partial charge in [0.05, 0.1) is 11.9 Å². The number of aryl methyl sites for hydroxylation is 2. The molecule has 3 N–H and O–H groups in total. The SMILES string of the molecule is Cc1cnn(CCC(=O)Nc2c(C(N)=O)sc3nc(C(F)(F)F)cc(-c4ccc(F)cc4)c23)c1. The largest absolute Gasteiger partial charge is 0.433 e. The van der Waals surface area contributed by atoms with Crippen LogP contribution in [0.15, 0.2) is 42.7 Å². The molecule has 0 aliphatic rings. The molecule has 12 heteroatoms. The van der Waals surface area contributed by atoms with Gasteiger partial charge in [-0.05, 0) is 41.8 Å². The average molecular weight is 491 g/mol. The highest BCUT2D eigenvalue weighted by Gasteiger charge is 2.35. The minimum Gasteiger partial charge on any atom is -0.365 e. The Bertz CT molecular complexity index is 1390. The van der Waals surface area contributed by atoms with Crippen LogP contribution in [-0.4, -0.2) is 26.6 Å². The van der Waals surface area contributed by atoms with Crippen LogP contribution in [0.1, 0.15) is 27.3 Å². The van der Waals surface area contributed by atoms with E-state index in [0.29, 0.717) is 11.3 Å². The number of rotatable bonds is 6. The lowest BCUT2D eigenvalue weighted by Crippen LogP contribution is -2.18. The minimum atomic E-state index is -4.77. The quantitative estimate of drug-likeness (QED) is 0.380. The van der Waals surface area contributed by atoms with E-state index in [0.717, 1.165) is 23.8 Å². The fraction of sp³-hybridized carbons (Fsp3) is 0.182. The van der Waals surface area contributed by atoms with Gasteiger partial charge in [-0.15, -0.1) is 11.3 Å². The van der Waals surface area contributed by atoms with Crippen LogP contribution in [0.5, 0.6) is 0 Å². The summed E-state index contributed by atoms with van der Waals surface area (Å²) in [6, 6.07) is 5.60. The number of fused-ring (bicyclic) bond motifs is 1. The number of nitrogens with one attached hydrogen (secondary N) is 1. The molecule has 0 unspecified atom stereocenters. The molecule has 0 atom stereocenters. The van der Waals surface area contributed by atoms with E-state index in [1.165, 1.54) is 12.1 Å². The van der Waals surface area contributed by atoms with Crippen LogP contribution >= 0.6 is 11.3 Å². The molecule has 7 nitrogen and oxygen atoms in total. The van der Waals surface area contributed by atoms with Gasteiger partial charge in [0, 0.05) is 24.5 Å². The lowest BCUT2D eigenvalue weighted by Gasteiger charge is -2.12. The van der Waals surface area contributed by atoms with Gasteiger partial charge in [0.15, 0.2) is 0 Å². The smallest absolute Gasteiger partial charge is 0.365 e. The molecule has 34 heavy (non-hydrogen) atoms. The van der Waals surface area contributed by atoms with Gasteiger partial charge in [-0.25, -0.2) is 9.37 Å². The third-order valence-electron chi connectivity index (χ3n) is 4.93. The zero-order valence-corrected chi connectivity index (χ0v) is 18.4. The monoisotopic (exact) mass is 491 g/mol. The van der Waals surface area contributed by atoms with Gasteiger partial charge in [0.2, 0.25) is 5.91 Å². The molecular formula is C22H17F4N5O2S. The molecule has 4 rings (SSSR count). The van der Waals surface area contributed by atoms with Crippen LogP contribution in [-0.2, 0) is 17.5 Å². The van der Waals surface area contributed by atoms with Gasteiger partial charge in [-0.1, -0.05) is 12.1 Å². The number of nitrogens with two attached hydrogens (primary N) is 1. The fourth-order valence-corrected chi connectivity index (χ4v) is 4.41. The fourth-order valence-electron chi connectivity index (χ4n) is 3.40. The molecule has 0 aliphatic heterocycles. The highest BCUT2D eigenvalue weighted by molar-refractivity contribution is 7.21. The maximum Gasteiger partial charge on any atom is 0.433 e. The molecule has 3 aromatic heterocycles. The summed E-state index contributed by atoms with van der Waals surface area (Å²) in [5, 5.41) is 6.81. The zero-order valence-electron chi connectivity index (χ0n) is 17.6. The first-order chi connectivity index (χ1) is 16.0. The van der Waals surface area contributed by atoms with Crippen molar-refractivity contribution in [1.29, 1.82) is 0 Å². The topological polar surface area (TPSA) is 103 Å². The predicted molar refractivity (Wildman–Crippen MR) is 119 cm³/mol. The van der Waals surface area contributed by atoms with Crippen LogP contribution in [0, 0.1) is 12.7 Å². The van der Waals surface area contributed by atoms with E-state index in [4.69, 9.17) is 5.73 Å². The lowest BCUT2D eigenvalue weighted by molar-refractivity contribution is -0.140. The first kappa shape index (κ1) is 23.4. The number of benzene rings is 1. The second-order valence-corrected chi connectivity index (χ2v) is 8.49. The van der Waals surface area contributed by atoms with Crippen molar-refractivity contribution in [2.75, 3.05) is 5.32 Å². The zero-order chi connectivity index (χ0) is 24.6. The molecule has 0 aliphatic carbocycles.